The molecule has 0 spiro atoms. The lowest BCUT2D eigenvalue weighted by Gasteiger charge is -2.16. The molecule has 3 heterocycles. The topological polar surface area (TPSA) is 71.5 Å². The number of aliphatic carboxylic acids is 1. The van der Waals surface area contributed by atoms with Gasteiger partial charge in [-0.05, 0) is 17.5 Å². The van der Waals surface area contributed by atoms with Crippen molar-refractivity contribution in [1.82, 2.24) is 4.98 Å². The Kier molecular flexibility index (Phi) is 2.89. The fraction of sp³-hybridized carbons (Fsp3) is 0.333. The van der Waals surface area contributed by atoms with Crippen molar-refractivity contribution in [2.24, 2.45) is 5.92 Å². The fourth-order valence-electron chi connectivity index (χ4n) is 2.13. The molecule has 0 amide bonds. The van der Waals surface area contributed by atoms with E-state index in [1.54, 1.807) is 17.5 Å². The Labute approximate surface area is 107 Å². The van der Waals surface area contributed by atoms with E-state index in [4.69, 9.17) is 9.84 Å². The van der Waals surface area contributed by atoms with E-state index < -0.39 is 11.9 Å². The van der Waals surface area contributed by atoms with Crippen LogP contribution in [0, 0.1) is 5.92 Å². The summed E-state index contributed by atoms with van der Waals surface area (Å²) in [5.41, 5.74) is 0. The van der Waals surface area contributed by atoms with E-state index in [2.05, 4.69) is 10.3 Å². The number of aromatic nitrogens is 1. The molecule has 1 aliphatic heterocycles. The van der Waals surface area contributed by atoms with Crippen LogP contribution in [0.2, 0.25) is 0 Å². The van der Waals surface area contributed by atoms with Crippen molar-refractivity contribution >= 4 is 33.2 Å². The zero-order valence-electron chi connectivity index (χ0n) is 9.50. The molecule has 2 aromatic heterocycles. The number of fused-ring (bicyclic) bond motifs is 1. The van der Waals surface area contributed by atoms with E-state index >= 15 is 0 Å². The van der Waals surface area contributed by atoms with Crippen molar-refractivity contribution in [3.05, 3.63) is 23.7 Å². The van der Waals surface area contributed by atoms with Crippen LogP contribution in [0.4, 0.5) is 5.82 Å². The minimum atomic E-state index is -0.831. The summed E-state index contributed by atoms with van der Waals surface area (Å²) < 4.78 is 6.37. The lowest BCUT2D eigenvalue weighted by molar-refractivity contribution is -0.141. The van der Waals surface area contributed by atoms with Gasteiger partial charge in [-0.1, -0.05) is 0 Å². The van der Waals surface area contributed by atoms with Gasteiger partial charge in [0, 0.05) is 16.3 Å². The molecule has 0 saturated carbocycles. The minimum absolute atomic E-state index is 0.222. The van der Waals surface area contributed by atoms with Gasteiger partial charge in [0.25, 0.3) is 0 Å². The molecule has 5 nitrogen and oxygen atoms in total. The number of hydrogen-bond donors (Lipinski definition) is 2. The molecule has 1 aliphatic rings. The van der Waals surface area contributed by atoms with Crippen LogP contribution < -0.4 is 5.32 Å². The van der Waals surface area contributed by atoms with E-state index in [0.717, 1.165) is 15.9 Å². The highest BCUT2D eigenvalue weighted by atomic mass is 32.1. The molecule has 0 aliphatic carbocycles. The van der Waals surface area contributed by atoms with E-state index in [-0.39, 0.29) is 12.6 Å². The Morgan fingerprint density at radius 1 is 1.50 bits per heavy atom. The molecule has 1 fully saturated rings. The fourth-order valence-corrected chi connectivity index (χ4v) is 2.91. The van der Waals surface area contributed by atoms with Crippen LogP contribution in [-0.4, -0.2) is 35.3 Å². The Balaban J connectivity index is 1.88. The number of rotatable bonds is 3. The van der Waals surface area contributed by atoms with Crippen LogP contribution in [0.15, 0.2) is 23.7 Å². The Hall–Kier alpha value is -1.66. The molecule has 6 heteroatoms. The van der Waals surface area contributed by atoms with Crippen molar-refractivity contribution in [3.8, 4) is 0 Å². The van der Waals surface area contributed by atoms with Crippen molar-refractivity contribution in [3.63, 3.8) is 0 Å². The number of carboxylic acids is 1. The first-order valence-electron chi connectivity index (χ1n) is 5.65. The normalized spacial score (nSPS) is 23.3. The molecule has 0 bridgehead atoms. The molecule has 94 valence electrons. The molecule has 0 aromatic carbocycles. The molecule has 2 aromatic rings. The van der Waals surface area contributed by atoms with Crippen LogP contribution in [-0.2, 0) is 9.53 Å². The summed E-state index contributed by atoms with van der Waals surface area (Å²) in [6.07, 6.45) is 1.73. The van der Waals surface area contributed by atoms with Gasteiger partial charge in [0.15, 0.2) is 0 Å². The van der Waals surface area contributed by atoms with Crippen molar-refractivity contribution < 1.29 is 14.6 Å². The average molecular weight is 264 g/mol. The lowest BCUT2D eigenvalue weighted by atomic mass is 10.0. The maximum atomic E-state index is 11.1. The summed E-state index contributed by atoms with van der Waals surface area (Å²) in [6, 6.07) is 3.71. The third-order valence-corrected chi connectivity index (χ3v) is 3.98. The van der Waals surface area contributed by atoms with Crippen molar-refractivity contribution in [2.75, 3.05) is 18.5 Å². The van der Waals surface area contributed by atoms with Gasteiger partial charge >= 0.3 is 5.97 Å². The maximum Gasteiger partial charge on any atom is 0.311 e. The molecular weight excluding hydrogens is 252 g/mol. The highest BCUT2D eigenvalue weighted by molar-refractivity contribution is 7.17. The lowest BCUT2D eigenvalue weighted by Crippen LogP contribution is -2.33. The number of anilines is 1. The third kappa shape index (κ3) is 1.93. The summed E-state index contributed by atoms with van der Waals surface area (Å²) in [7, 11) is 0. The zero-order chi connectivity index (χ0) is 12.5. The quantitative estimate of drug-likeness (QED) is 0.884. The number of ether oxygens (including phenoxy) is 1. The smallest absolute Gasteiger partial charge is 0.311 e. The Morgan fingerprint density at radius 2 is 2.39 bits per heavy atom. The zero-order valence-corrected chi connectivity index (χ0v) is 10.3. The molecule has 2 unspecified atom stereocenters. The molecule has 3 rings (SSSR count). The second kappa shape index (κ2) is 4.55. The molecule has 0 radical (unpaired) electrons. The molecular formula is C12H12N2O3S. The first kappa shape index (κ1) is 11.4. The van der Waals surface area contributed by atoms with Gasteiger partial charge < -0.3 is 15.2 Å². The van der Waals surface area contributed by atoms with E-state index in [1.165, 1.54) is 0 Å². The second-order valence-electron chi connectivity index (χ2n) is 4.22. The Morgan fingerprint density at radius 3 is 3.22 bits per heavy atom. The van der Waals surface area contributed by atoms with Crippen LogP contribution in [0.1, 0.15) is 0 Å². The van der Waals surface area contributed by atoms with Gasteiger partial charge in [-0.15, -0.1) is 11.3 Å². The van der Waals surface area contributed by atoms with Gasteiger partial charge in [0.1, 0.15) is 11.7 Å². The summed E-state index contributed by atoms with van der Waals surface area (Å²) in [4.78, 5) is 15.4. The van der Waals surface area contributed by atoms with Crippen LogP contribution in [0.25, 0.3) is 10.1 Å². The molecule has 2 atom stereocenters. The first-order chi connectivity index (χ1) is 8.75. The number of carboxylic acid groups (broad SMARTS) is 1. The summed E-state index contributed by atoms with van der Waals surface area (Å²) >= 11 is 1.64. The predicted molar refractivity (Wildman–Crippen MR) is 69.0 cm³/mol. The molecule has 2 N–H and O–H groups in total. The summed E-state index contributed by atoms with van der Waals surface area (Å²) in [6.45, 7) is 0.659. The number of nitrogens with zero attached hydrogens (tertiary/aromatic N) is 1. The first-order valence-corrected chi connectivity index (χ1v) is 6.53. The SMILES string of the molecule is O=C(O)C1COCC1Nc1nccc2sccc12. The van der Waals surface area contributed by atoms with Crippen molar-refractivity contribution in [1.29, 1.82) is 0 Å². The van der Waals surface area contributed by atoms with E-state index in [0.29, 0.717) is 6.61 Å². The van der Waals surface area contributed by atoms with E-state index in [9.17, 15) is 4.79 Å². The maximum absolute atomic E-state index is 11.1. The molecule has 18 heavy (non-hydrogen) atoms. The summed E-state index contributed by atoms with van der Waals surface area (Å²) in [5.74, 6) is -0.612. The largest absolute Gasteiger partial charge is 0.481 e. The monoisotopic (exact) mass is 264 g/mol. The van der Waals surface area contributed by atoms with Gasteiger partial charge in [-0.3, -0.25) is 4.79 Å². The minimum Gasteiger partial charge on any atom is -0.481 e. The van der Waals surface area contributed by atoms with Crippen LogP contribution in [0.3, 0.4) is 0 Å². The van der Waals surface area contributed by atoms with Crippen LogP contribution in [0.5, 0.6) is 0 Å². The number of thiophene rings is 1. The Bertz CT molecular complexity index is 583. The van der Waals surface area contributed by atoms with Gasteiger partial charge in [0.05, 0.1) is 19.3 Å². The number of hydrogen-bond acceptors (Lipinski definition) is 5. The van der Waals surface area contributed by atoms with Gasteiger partial charge in [0.2, 0.25) is 0 Å². The van der Waals surface area contributed by atoms with Gasteiger partial charge in [-0.2, -0.15) is 0 Å². The number of pyridine rings is 1. The highest BCUT2D eigenvalue weighted by Gasteiger charge is 2.34. The molecule has 1 saturated heterocycles. The van der Waals surface area contributed by atoms with Crippen LogP contribution >= 0.6 is 11.3 Å². The van der Waals surface area contributed by atoms with Gasteiger partial charge in [-0.25, -0.2) is 4.98 Å². The summed E-state index contributed by atoms with van der Waals surface area (Å²) in [5, 5.41) is 15.3. The highest BCUT2D eigenvalue weighted by Crippen LogP contribution is 2.28. The number of nitrogens with one attached hydrogen (secondary N) is 1. The van der Waals surface area contributed by atoms with Crippen molar-refractivity contribution in [2.45, 2.75) is 6.04 Å². The third-order valence-electron chi connectivity index (χ3n) is 3.10. The number of carbonyl (C=O) groups is 1. The standard InChI is InChI=1S/C12H12N2O3S/c15-12(16)8-5-17-6-9(8)14-11-7-2-4-18-10(7)1-3-13-11/h1-4,8-9H,5-6H2,(H,13,14)(H,15,16). The van der Waals surface area contributed by atoms with E-state index in [1.807, 2.05) is 17.5 Å². The predicted octanol–water partition coefficient (Wildman–Crippen LogP) is 1.81. The second-order valence-corrected chi connectivity index (χ2v) is 5.17. The average Bonchev–Trinajstić information content (AvgIpc) is 2.96.